The normalized spacial score (nSPS) is 12.2. The zero-order chi connectivity index (χ0) is 13.8. The maximum atomic E-state index is 12.2. The van der Waals surface area contributed by atoms with Crippen molar-refractivity contribution in [2.24, 2.45) is 0 Å². The van der Waals surface area contributed by atoms with Gasteiger partial charge in [-0.25, -0.2) is 4.98 Å². The number of aromatic nitrogens is 2. The molecular weight excluding hydrogens is 377 g/mol. The summed E-state index contributed by atoms with van der Waals surface area (Å²) in [4.78, 5) is 16.1. The van der Waals surface area contributed by atoms with Crippen molar-refractivity contribution in [3.8, 4) is 0 Å². The Balaban J connectivity index is 2.02. The molecule has 1 unspecified atom stereocenters. The highest BCUT2D eigenvalue weighted by Crippen LogP contribution is 2.18. The van der Waals surface area contributed by atoms with E-state index in [4.69, 9.17) is 11.6 Å². The Morgan fingerprint density at radius 2 is 2.37 bits per heavy atom. The summed E-state index contributed by atoms with van der Waals surface area (Å²) in [7, 11) is 0. The smallest absolute Gasteiger partial charge is 0.252 e. The second-order valence-corrected chi connectivity index (χ2v) is 5.86. The van der Waals surface area contributed by atoms with Crippen molar-refractivity contribution in [3.63, 3.8) is 0 Å². The van der Waals surface area contributed by atoms with Crippen LogP contribution in [0.3, 0.4) is 0 Å². The topological polar surface area (TPSA) is 46.9 Å². The summed E-state index contributed by atoms with van der Waals surface area (Å²) < 4.78 is 2.81. The van der Waals surface area contributed by atoms with Crippen LogP contribution in [0.1, 0.15) is 17.3 Å². The second-order valence-electron chi connectivity index (χ2n) is 4.26. The Bertz CT molecular complexity index is 571. The minimum atomic E-state index is -0.112. The van der Waals surface area contributed by atoms with Gasteiger partial charge in [0.2, 0.25) is 0 Å². The highest BCUT2D eigenvalue weighted by Gasteiger charge is 2.13. The van der Waals surface area contributed by atoms with Crippen LogP contribution < -0.4 is 5.32 Å². The summed E-state index contributed by atoms with van der Waals surface area (Å²) in [6, 6.07) is 5.30. The highest BCUT2D eigenvalue weighted by molar-refractivity contribution is 14.1. The number of carbonyl (C=O) groups is 1. The van der Waals surface area contributed by atoms with E-state index in [0.717, 1.165) is 3.57 Å². The van der Waals surface area contributed by atoms with Crippen LogP contribution in [0, 0.1) is 3.57 Å². The lowest BCUT2D eigenvalue weighted by atomic mass is 10.2. The lowest BCUT2D eigenvalue weighted by molar-refractivity contribution is 0.0936. The first-order valence-corrected chi connectivity index (χ1v) is 7.23. The van der Waals surface area contributed by atoms with Crippen LogP contribution >= 0.6 is 34.2 Å². The number of nitrogens with zero attached hydrogens (tertiary/aromatic N) is 2. The molecule has 2 rings (SSSR count). The third kappa shape index (κ3) is 3.94. The lowest BCUT2D eigenvalue weighted by Crippen LogP contribution is -2.35. The fourth-order valence-electron chi connectivity index (χ4n) is 1.73. The third-order valence-corrected chi connectivity index (χ3v) is 3.77. The molecule has 6 heteroatoms. The monoisotopic (exact) mass is 389 g/mol. The number of nitrogens with one attached hydrogen (secondary N) is 1. The standard InChI is InChI=1S/C13H13ClIN3O/c1-9(7-18-5-4-16-8-18)17-13(19)11-6-10(14)2-3-12(11)15/h2-6,8-9H,7H2,1H3,(H,17,19). The van der Waals surface area contributed by atoms with Gasteiger partial charge in [0.05, 0.1) is 11.9 Å². The highest BCUT2D eigenvalue weighted by atomic mass is 127. The van der Waals surface area contributed by atoms with Crippen molar-refractivity contribution < 1.29 is 4.79 Å². The number of benzene rings is 1. The molecule has 1 atom stereocenters. The quantitative estimate of drug-likeness (QED) is 0.817. The van der Waals surface area contributed by atoms with Crippen molar-refractivity contribution >= 4 is 40.1 Å². The first kappa shape index (κ1) is 14.3. The molecule has 1 amide bonds. The van der Waals surface area contributed by atoms with Crippen LogP contribution in [0.4, 0.5) is 0 Å². The van der Waals surface area contributed by atoms with Gasteiger partial charge in [-0.1, -0.05) is 11.6 Å². The van der Waals surface area contributed by atoms with E-state index in [0.29, 0.717) is 17.1 Å². The van der Waals surface area contributed by atoms with Gasteiger partial charge in [-0.2, -0.15) is 0 Å². The van der Waals surface area contributed by atoms with Crippen molar-refractivity contribution in [1.82, 2.24) is 14.9 Å². The summed E-state index contributed by atoms with van der Waals surface area (Å²) in [6.07, 6.45) is 5.31. The zero-order valence-corrected chi connectivity index (χ0v) is 13.2. The molecule has 0 aliphatic rings. The summed E-state index contributed by atoms with van der Waals surface area (Å²) in [5, 5.41) is 3.51. The van der Waals surface area contributed by atoms with Gasteiger partial charge in [-0.05, 0) is 47.7 Å². The second kappa shape index (κ2) is 6.38. The number of imidazole rings is 1. The predicted octanol–water partition coefficient (Wildman–Crippen LogP) is 2.96. The van der Waals surface area contributed by atoms with Gasteiger partial charge in [0.25, 0.3) is 5.91 Å². The molecule has 0 aliphatic carbocycles. The number of hydrogen-bond donors (Lipinski definition) is 1. The Morgan fingerprint density at radius 3 is 3.05 bits per heavy atom. The molecule has 0 spiro atoms. The van der Waals surface area contributed by atoms with Crippen LogP contribution in [0.2, 0.25) is 5.02 Å². The van der Waals surface area contributed by atoms with Crippen molar-refractivity contribution in [2.45, 2.75) is 19.5 Å². The summed E-state index contributed by atoms with van der Waals surface area (Å²) in [6.45, 7) is 2.64. The molecule has 1 N–H and O–H groups in total. The number of rotatable bonds is 4. The Morgan fingerprint density at radius 1 is 1.58 bits per heavy atom. The molecule has 0 saturated heterocycles. The van der Waals surface area contributed by atoms with E-state index >= 15 is 0 Å². The first-order chi connectivity index (χ1) is 9.06. The summed E-state index contributed by atoms with van der Waals surface area (Å²) in [5.41, 5.74) is 0.602. The number of carbonyl (C=O) groups excluding carboxylic acids is 1. The minimum Gasteiger partial charge on any atom is -0.348 e. The van der Waals surface area contributed by atoms with Gasteiger partial charge in [0.15, 0.2) is 0 Å². The third-order valence-electron chi connectivity index (χ3n) is 2.59. The van der Waals surface area contributed by atoms with Crippen LogP contribution in [-0.4, -0.2) is 21.5 Å². The van der Waals surface area contributed by atoms with E-state index in [2.05, 4.69) is 32.9 Å². The Kier molecular flexibility index (Phi) is 4.81. The van der Waals surface area contributed by atoms with Gasteiger partial charge in [0.1, 0.15) is 0 Å². The number of hydrogen-bond acceptors (Lipinski definition) is 2. The fraction of sp³-hybridized carbons (Fsp3) is 0.231. The van der Waals surface area contributed by atoms with Crippen molar-refractivity contribution in [1.29, 1.82) is 0 Å². The molecule has 2 aromatic rings. The molecule has 0 aliphatic heterocycles. The largest absolute Gasteiger partial charge is 0.348 e. The van der Waals surface area contributed by atoms with E-state index in [9.17, 15) is 4.79 Å². The maximum Gasteiger partial charge on any atom is 0.252 e. The van der Waals surface area contributed by atoms with E-state index in [1.54, 1.807) is 24.7 Å². The average Bonchev–Trinajstić information content (AvgIpc) is 2.84. The molecular formula is C13H13ClIN3O. The van der Waals surface area contributed by atoms with Crippen LogP contribution in [0.5, 0.6) is 0 Å². The van der Waals surface area contributed by atoms with E-state index < -0.39 is 0 Å². The minimum absolute atomic E-state index is 0.0106. The summed E-state index contributed by atoms with van der Waals surface area (Å²) >= 11 is 8.04. The Hall–Kier alpha value is -1.08. The molecule has 1 heterocycles. The molecule has 19 heavy (non-hydrogen) atoms. The molecule has 1 aromatic heterocycles. The van der Waals surface area contributed by atoms with Crippen LogP contribution in [-0.2, 0) is 6.54 Å². The van der Waals surface area contributed by atoms with E-state index in [-0.39, 0.29) is 11.9 Å². The van der Waals surface area contributed by atoms with Gasteiger partial charge < -0.3 is 9.88 Å². The SMILES string of the molecule is CC(Cn1ccnc1)NC(=O)c1cc(Cl)ccc1I. The maximum absolute atomic E-state index is 12.2. The van der Waals surface area contributed by atoms with Crippen LogP contribution in [0.25, 0.3) is 0 Å². The van der Waals surface area contributed by atoms with Gasteiger partial charge >= 0.3 is 0 Å². The fourth-order valence-corrected chi connectivity index (χ4v) is 2.48. The van der Waals surface area contributed by atoms with E-state index in [1.165, 1.54) is 0 Å². The molecule has 100 valence electrons. The first-order valence-electron chi connectivity index (χ1n) is 5.78. The predicted molar refractivity (Wildman–Crippen MR) is 83.3 cm³/mol. The zero-order valence-electron chi connectivity index (χ0n) is 10.3. The molecule has 4 nitrogen and oxygen atoms in total. The van der Waals surface area contributed by atoms with Gasteiger partial charge in [0, 0.05) is 33.6 Å². The van der Waals surface area contributed by atoms with Crippen molar-refractivity contribution in [2.75, 3.05) is 0 Å². The molecule has 0 bridgehead atoms. The van der Waals surface area contributed by atoms with Crippen molar-refractivity contribution in [3.05, 3.63) is 51.1 Å². The summed E-state index contributed by atoms with van der Waals surface area (Å²) in [5.74, 6) is -0.112. The molecule has 0 fully saturated rings. The lowest BCUT2D eigenvalue weighted by Gasteiger charge is -2.15. The van der Waals surface area contributed by atoms with Gasteiger partial charge in [-0.15, -0.1) is 0 Å². The number of halogens is 2. The average molecular weight is 390 g/mol. The molecule has 1 aromatic carbocycles. The van der Waals surface area contributed by atoms with Crippen LogP contribution in [0.15, 0.2) is 36.9 Å². The molecule has 0 radical (unpaired) electrons. The Labute approximate surface area is 130 Å². The van der Waals surface area contributed by atoms with Gasteiger partial charge in [-0.3, -0.25) is 4.79 Å². The van der Waals surface area contributed by atoms with E-state index in [1.807, 2.05) is 23.8 Å². The molecule has 0 saturated carbocycles. The number of amides is 1.